The van der Waals surface area contributed by atoms with Gasteiger partial charge in [-0.25, -0.2) is 0 Å². The van der Waals surface area contributed by atoms with E-state index < -0.39 is 0 Å². The molecule has 0 aromatic rings. The summed E-state index contributed by atoms with van der Waals surface area (Å²) in [6, 6.07) is 0.678. The monoisotopic (exact) mass is 197 g/mol. The highest BCUT2D eigenvalue weighted by atomic mass is 16.3. The second kappa shape index (κ2) is 2.94. The molecule has 3 heteroatoms. The summed E-state index contributed by atoms with van der Waals surface area (Å²) in [5, 5.41) is 20.2. The molecule has 0 aromatic heterocycles. The van der Waals surface area contributed by atoms with Gasteiger partial charge < -0.3 is 10.2 Å². The molecule has 2 saturated carbocycles. The number of aliphatic hydroxyl groups excluding tert-OH is 2. The van der Waals surface area contributed by atoms with Crippen LogP contribution in [0.3, 0.4) is 0 Å². The van der Waals surface area contributed by atoms with Crippen LogP contribution in [0, 0.1) is 11.8 Å². The van der Waals surface area contributed by atoms with E-state index in [0.29, 0.717) is 23.9 Å². The molecule has 2 heterocycles. The fraction of sp³-hybridized carbons (Fsp3) is 1.00. The van der Waals surface area contributed by atoms with Crippen LogP contribution in [0.2, 0.25) is 0 Å². The van der Waals surface area contributed by atoms with E-state index in [0.717, 1.165) is 25.8 Å². The Morgan fingerprint density at radius 2 is 1.50 bits per heavy atom. The summed E-state index contributed by atoms with van der Waals surface area (Å²) in [5.41, 5.74) is 0. The van der Waals surface area contributed by atoms with Crippen molar-refractivity contribution in [3.8, 4) is 0 Å². The first-order valence-corrected chi connectivity index (χ1v) is 5.84. The summed E-state index contributed by atoms with van der Waals surface area (Å²) in [6.07, 6.45) is 2.80. The molecule has 4 aliphatic rings. The Labute approximate surface area is 84.7 Å². The Hall–Kier alpha value is -0.120. The van der Waals surface area contributed by atoms with Crippen LogP contribution >= 0.6 is 0 Å². The second-order valence-corrected chi connectivity index (χ2v) is 5.17. The molecule has 0 radical (unpaired) electrons. The second-order valence-electron chi connectivity index (χ2n) is 5.17. The molecular weight excluding hydrogens is 178 g/mol. The first-order chi connectivity index (χ1) is 6.72. The zero-order chi connectivity index (χ0) is 9.87. The maximum Gasteiger partial charge on any atom is 0.0724 e. The standard InChI is InChI=1S/C11H19NO2/c1-2-12-8-4-6-3-7(11(8)14)5-9(12)10(6)13/h6-11,13-14H,2-5H2,1H3/t6-,7-,8-,9-,10-,11-/m1/s1. The maximum atomic E-state index is 10.1. The number of rotatable bonds is 1. The van der Waals surface area contributed by atoms with Crippen molar-refractivity contribution in [2.75, 3.05) is 6.54 Å². The predicted octanol–water partition coefficient (Wildman–Crippen LogP) is 0.211. The SMILES string of the molecule is CCN1[C@@H]2C[C@H]3C[C@H](C[C@@H]1[C@@H]3O)[C@H]2O. The minimum atomic E-state index is -0.130. The van der Waals surface area contributed by atoms with E-state index in [1.54, 1.807) is 0 Å². The first-order valence-electron chi connectivity index (χ1n) is 5.84. The van der Waals surface area contributed by atoms with E-state index in [4.69, 9.17) is 0 Å². The summed E-state index contributed by atoms with van der Waals surface area (Å²) in [5.74, 6) is 0.935. The summed E-state index contributed by atoms with van der Waals surface area (Å²) in [7, 11) is 0. The molecule has 2 saturated heterocycles. The lowest BCUT2D eigenvalue weighted by molar-refractivity contribution is -0.185. The third kappa shape index (κ3) is 0.980. The topological polar surface area (TPSA) is 43.7 Å². The number of hydrogen-bond donors (Lipinski definition) is 2. The van der Waals surface area contributed by atoms with Gasteiger partial charge in [0.1, 0.15) is 0 Å². The fourth-order valence-corrected chi connectivity index (χ4v) is 4.04. The van der Waals surface area contributed by atoms with Gasteiger partial charge in [0.15, 0.2) is 0 Å². The van der Waals surface area contributed by atoms with Gasteiger partial charge >= 0.3 is 0 Å². The zero-order valence-corrected chi connectivity index (χ0v) is 8.63. The van der Waals surface area contributed by atoms with Crippen molar-refractivity contribution in [1.82, 2.24) is 4.90 Å². The van der Waals surface area contributed by atoms with E-state index >= 15 is 0 Å². The molecule has 4 bridgehead atoms. The smallest absolute Gasteiger partial charge is 0.0724 e. The molecule has 2 aliphatic carbocycles. The van der Waals surface area contributed by atoms with Crippen LogP contribution in [0.25, 0.3) is 0 Å². The third-order valence-electron chi connectivity index (χ3n) is 4.67. The molecule has 0 aromatic carbocycles. The average Bonchev–Trinajstić information content (AvgIpc) is 2.16. The van der Waals surface area contributed by atoms with Gasteiger partial charge in [0.05, 0.1) is 12.2 Å². The Morgan fingerprint density at radius 3 is 1.93 bits per heavy atom. The molecule has 0 amide bonds. The zero-order valence-electron chi connectivity index (χ0n) is 8.63. The Kier molecular flexibility index (Phi) is 1.92. The quantitative estimate of drug-likeness (QED) is 0.631. The molecular formula is C11H19NO2. The van der Waals surface area contributed by atoms with Gasteiger partial charge in [-0.3, -0.25) is 4.90 Å². The Bertz CT molecular complexity index is 223. The lowest BCUT2D eigenvalue weighted by Crippen LogP contribution is -2.69. The molecule has 4 fully saturated rings. The average molecular weight is 197 g/mol. The summed E-state index contributed by atoms with van der Waals surface area (Å²) < 4.78 is 0. The maximum absolute atomic E-state index is 10.1. The highest BCUT2D eigenvalue weighted by Gasteiger charge is 2.55. The molecule has 2 N–H and O–H groups in total. The van der Waals surface area contributed by atoms with Gasteiger partial charge in [-0.1, -0.05) is 6.92 Å². The van der Waals surface area contributed by atoms with Crippen LogP contribution in [0.5, 0.6) is 0 Å². The van der Waals surface area contributed by atoms with Gasteiger partial charge in [0.2, 0.25) is 0 Å². The molecule has 2 aliphatic heterocycles. The molecule has 4 rings (SSSR count). The van der Waals surface area contributed by atoms with Crippen molar-refractivity contribution < 1.29 is 10.2 Å². The molecule has 0 spiro atoms. The number of nitrogens with zero attached hydrogens (tertiary/aromatic N) is 1. The van der Waals surface area contributed by atoms with Crippen molar-refractivity contribution in [1.29, 1.82) is 0 Å². The van der Waals surface area contributed by atoms with Gasteiger partial charge in [0, 0.05) is 12.1 Å². The van der Waals surface area contributed by atoms with Crippen molar-refractivity contribution in [2.45, 2.75) is 50.5 Å². The fourth-order valence-electron chi connectivity index (χ4n) is 4.04. The van der Waals surface area contributed by atoms with Crippen LogP contribution in [0.15, 0.2) is 0 Å². The number of hydrogen-bond acceptors (Lipinski definition) is 3. The normalized spacial score (nSPS) is 56.8. The van der Waals surface area contributed by atoms with Crippen LogP contribution in [-0.4, -0.2) is 45.9 Å². The van der Waals surface area contributed by atoms with E-state index in [1.165, 1.54) is 0 Å². The van der Waals surface area contributed by atoms with Gasteiger partial charge in [0.25, 0.3) is 0 Å². The van der Waals surface area contributed by atoms with E-state index in [-0.39, 0.29) is 12.2 Å². The van der Waals surface area contributed by atoms with E-state index in [1.807, 2.05) is 0 Å². The summed E-state index contributed by atoms with van der Waals surface area (Å²) >= 11 is 0. The van der Waals surface area contributed by atoms with Gasteiger partial charge in [-0.05, 0) is 37.6 Å². The molecule has 0 unspecified atom stereocenters. The highest BCUT2D eigenvalue weighted by Crippen LogP contribution is 2.49. The van der Waals surface area contributed by atoms with Crippen LogP contribution < -0.4 is 0 Å². The summed E-state index contributed by atoms with van der Waals surface area (Å²) in [4.78, 5) is 2.32. The largest absolute Gasteiger partial charge is 0.391 e. The van der Waals surface area contributed by atoms with Crippen LogP contribution in [0.4, 0.5) is 0 Å². The lowest BCUT2D eigenvalue weighted by atomic mass is 9.61. The van der Waals surface area contributed by atoms with Gasteiger partial charge in [-0.2, -0.15) is 0 Å². The van der Waals surface area contributed by atoms with Crippen molar-refractivity contribution in [3.05, 3.63) is 0 Å². The van der Waals surface area contributed by atoms with Crippen LogP contribution in [0.1, 0.15) is 26.2 Å². The van der Waals surface area contributed by atoms with Crippen molar-refractivity contribution >= 4 is 0 Å². The van der Waals surface area contributed by atoms with Gasteiger partial charge in [-0.15, -0.1) is 0 Å². The number of likely N-dealkylation sites (N-methyl/N-ethyl adjacent to an activating group) is 1. The molecule has 6 atom stereocenters. The van der Waals surface area contributed by atoms with Crippen molar-refractivity contribution in [2.24, 2.45) is 11.8 Å². The summed E-state index contributed by atoms with van der Waals surface area (Å²) in [6.45, 7) is 3.09. The number of piperidine rings is 2. The van der Waals surface area contributed by atoms with Crippen LogP contribution in [-0.2, 0) is 0 Å². The molecule has 80 valence electrons. The van der Waals surface area contributed by atoms with Crippen molar-refractivity contribution in [3.63, 3.8) is 0 Å². The minimum Gasteiger partial charge on any atom is -0.391 e. The lowest BCUT2D eigenvalue weighted by Gasteiger charge is -2.60. The Balaban J connectivity index is 1.92. The predicted molar refractivity (Wildman–Crippen MR) is 52.8 cm³/mol. The highest BCUT2D eigenvalue weighted by molar-refractivity contribution is 5.08. The van der Waals surface area contributed by atoms with E-state index in [2.05, 4.69) is 11.8 Å². The molecule has 3 nitrogen and oxygen atoms in total. The third-order valence-corrected chi connectivity index (χ3v) is 4.67. The Morgan fingerprint density at radius 1 is 1.00 bits per heavy atom. The molecule has 14 heavy (non-hydrogen) atoms. The first kappa shape index (κ1) is 9.13. The number of aliphatic hydroxyl groups is 2. The minimum absolute atomic E-state index is 0.130. The van der Waals surface area contributed by atoms with E-state index in [9.17, 15) is 10.2 Å².